The van der Waals surface area contributed by atoms with Crippen molar-refractivity contribution >= 4 is 55.8 Å². The topological polar surface area (TPSA) is 250 Å². The van der Waals surface area contributed by atoms with Gasteiger partial charge in [-0.05, 0) is 214 Å². The first kappa shape index (κ1) is 94.6. The van der Waals surface area contributed by atoms with Gasteiger partial charge in [-0.1, -0.05) is 200 Å². The number of nitrogens with zero attached hydrogens (tertiary/aromatic N) is 16. The average molecular weight is 1900 g/mol. The number of carbonyl (C=O) groups excluding carboxylic acids is 4. The van der Waals surface area contributed by atoms with Crippen LogP contribution in [0.1, 0.15) is 191 Å². The van der Waals surface area contributed by atoms with Gasteiger partial charge in [-0.25, -0.2) is 58.7 Å². The fourth-order valence-electron chi connectivity index (χ4n) is 25.2. The lowest BCUT2D eigenvalue weighted by atomic mass is 9.58. The molecule has 144 heavy (non-hydrogen) atoms. The first-order chi connectivity index (χ1) is 69.4. The Morgan fingerprint density at radius 1 is 0.340 bits per heavy atom. The summed E-state index contributed by atoms with van der Waals surface area (Å²) in [4.78, 5) is 126. The number of aromatic nitrogens is 12. The highest BCUT2D eigenvalue weighted by atomic mass is 19.1. The fraction of sp³-hybridized carbons (Fsp3) is 0.328. The van der Waals surface area contributed by atoms with Crippen molar-refractivity contribution in [2.45, 2.75) is 208 Å². The molecule has 21 nitrogen and oxygen atoms in total. The summed E-state index contributed by atoms with van der Waals surface area (Å²) in [6.45, 7) is 57.0. The lowest BCUT2D eigenvalue weighted by molar-refractivity contribution is -0.122. The van der Waals surface area contributed by atoms with Crippen LogP contribution in [0.2, 0.25) is 0 Å². The van der Waals surface area contributed by atoms with Crippen molar-refractivity contribution in [3.05, 3.63) is 359 Å². The van der Waals surface area contributed by atoms with E-state index in [1.54, 1.807) is 18.3 Å². The van der Waals surface area contributed by atoms with Gasteiger partial charge in [0.2, 0.25) is 28.7 Å². The van der Waals surface area contributed by atoms with Gasteiger partial charge in [0.25, 0.3) is 0 Å². The molecule has 10 aliphatic rings. The number of pyridine rings is 4. The van der Waals surface area contributed by atoms with E-state index in [2.05, 4.69) is 145 Å². The second-order valence-corrected chi connectivity index (χ2v) is 41.7. The maximum Gasteiger partial charge on any atom is 0.226 e. The van der Waals surface area contributed by atoms with Crippen LogP contribution in [-0.4, -0.2) is 89.0 Å². The number of ether oxygens (including phenoxy) is 1. The Hall–Kier alpha value is -15.7. The number of allylic oxidation sites excluding steroid dienone is 8. The summed E-state index contributed by atoms with van der Waals surface area (Å²) in [5.74, 6) is 1.90. The van der Waals surface area contributed by atoms with E-state index in [0.717, 1.165) is 228 Å². The molecule has 0 bridgehead atoms. The van der Waals surface area contributed by atoms with E-state index in [1.165, 1.54) is 23.6 Å². The summed E-state index contributed by atoms with van der Waals surface area (Å²) in [6.07, 6.45) is 21.9. The molecule has 0 N–H and O–H groups in total. The van der Waals surface area contributed by atoms with E-state index in [9.17, 15) is 19.2 Å². The standard InChI is InChI=1S/2C32H28N4O.C29H25FN4O.C29H28N4O2/c1-18-9-8-10-21(15-18)28-23-13-14-25-20(3)29(37)27(33-5)17-32(25,4)30(23)36-31(35-28)24-16-19(2)34-26-12-7-6-11-22(24)26;1-18-10-12-21(13-11-18)28-23-14-15-25-20(3)29(37)27(33-5)17-32(25,4)30(23)36-31(35-28)24-16-19(2)34-26-9-7-6-8-22(24)26;1-16-21-12-11-20-25(19-7-4-5-9-22(19)30)33-28(18-13-14-32-23-10-6-8-17(18)23)34-27(20)29(21,2)15-24(31-3)26(16)35;1-16-14-21(19-10-5-6-11-23(19)31-16)27-32-26-20(28(33-27)35-18-8-7-9-18)12-13-22-17(2)25(34)24(30-4)15-29(22,26)3/h6-12,15-17,20,25H,13-14H2,1-4H3;6-13,16-17,20,25H,14-15H2,1-4H3;4-5,7,9,13-16,21H,6,8,10-12H2,1-2H3;5-6,10-11,14-15,17-18,22H,7-9,12-13H2,1-3H3/t2*20-,25-,32-;16-,21-,29-;17-,22-,29-/m1111/s1. The summed E-state index contributed by atoms with van der Waals surface area (Å²) in [6, 6.07) is 55.9. The number of carbonyl (C=O) groups is 4. The molecule has 0 amide bonds. The number of Topliss-reactive ketones (excluding diaryl/α,β-unsaturated/α-hetero) is 4. The quantitative estimate of drug-likeness (QED) is 0.122. The van der Waals surface area contributed by atoms with Gasteiger partial charge in [0, 0.05) is 152 Å². The van der Waals surface area contributed by atoms with Crippen molar-refractivity contribution < 1.29 is 28.3 Å². The Labute approximate surface area is 838 Å². The van der Waals surface area contributed by atoms with Crippen LogP contribution in [0.15, 0.2) is 223 Å². The Morgan fingerprint density at radius 2 is 0.722 bits per heavy atom. The fourth-order valence-corrected chi connectivity index (χ4v) is 25.2. The zero-order valence-corrected chi connectivity index (χ0v) is 83.2. The van der Waals surface area contributed by atoms with Crippen LogP contribution in [0.4, 0.5) is 4.39 Å². The maximum absolute atomic E-state index is 15.1. The largest absolute Gasteiger partial charge is 0.474 e. The van der Waals surface area contributed by atoms with Gasteiger partial charge < -0.3 is 23.9 Å². The van der Waals surface area contributed by atoms with E-state index < -0.39 is 21.7 Å². The first-order valence-corrected chi connectivity index (χ1v) is 50.3. The number of hydrogen-bond donors (Lipinski definition) is 0. The maximum atomic E-state index is 15.1. The highest BCUT2D eigenvalue weighted by Crippen LogP contribution is 2.58. The number of benzene rings is 6. The predicted octanol–water partition coefficient (Wildman–Crippen LogP) is 25.1. The molecule has 8 aromatic heterocycles. The van der Waals surface area contributed by atoms with Gasteiger partial charge in [-0.15, -0.1) is 0 Å². The van der Waals surface area contributed by atoms with Crippen molar-refractivity contribution in [2.75, 3.05) is 0 Å². The van der Waals surface area contributed by atoms with Gasteiger partial charge in [-0.2, -0.15) is 4.98 Å². The molecule has 0 unspecified atom stereocenters. The molecule has 1 fully saturated rings. The van der Waals surface area contributed by atoms with Crippen LogP contribution in [0, 0.1) is 114 Å². The zero-order chi connectivity index (χ0) is 100. The minimum absolute atomic E-state index is 0.0207. The number of halogens is 1. The van der Waals surface area contributed by atoms with Crippen LogP contribution in [0.25, 0.3) is 131 Å². The minimum Gasteiger partial charge on any atom is -0.474 e. The number of rotatable bonds is 9. The summed E-state index contributed by atoms with van der Waals surface area (Å²) < 4.78 is 21.6. The van der Waals surface area contributed by atoms with Crippen molar-refractivity contribution in [3.63, 3.8) is 0 Å². The number of hydrogen-bond acceptors (Lipinski definition) is 17. The van der Waals surface area contributed by atoms with Gasteiger partial charge in [-0.3, -0.25) is 19.9 Å². The number of ketones is 4. The third kappa shape index (κ3) is 16.2. The Bertz CT molecular complexity index is 8150. The monoisotopic (exact) mass is 1900 g/mol. The van der Waals surface area contributed by atoms with E-state index >= 15 is 4.39 Å². The molecule has 6 aromatic carbocycles. The summed E-state index contributed by atoms with van der Waals surface area (Å²) >= 11 is 0. The van der Waals surface area contributed by atoms with E-state index in [0.29, 0.717) is 46.9 Å². The third-order valence-electron chi connectivity index (χ3n) is 32.8. The molecule has 0 spiro atoms. The highest BCUT2D eigenvalue weighted by molar-refractivity contribution is 6.04. The van der Waals surface area contributed by atoms with Crippen molar-refractivity contribution in [1.82, 2.24) is 59.8 Å². The molecule has 0 aliphatic heterocycles. The first-order valence-electron chi connectivity index (χ1n) is 50.3. The van der Waals surface area contributed by atoms with Crippen LogP contribution in [-0.2, 0) is 79.4 Å². The summed E-state index contributed by atoms with van der Waals surface area (Å²) in [7, 11) is 0. The van der Waals surface area contributed by atoms with Crippen molar-refractivity contribution in [3.8, 4) is 85.2 Å². The lowest BCUT2D eigenvalue weighted by Gasteiger charge is -2.46. The van der Waals surface area contributed by atoms with Crippen molar-refractivity contribution in [1.29, 1.82) is 0 Å². The Balaban J connectivity index is 0.000000113. The van der Waals surface area contributed by atoms with Crippen LogP contribution < -0.4 is 4.74 Å². The lowest BCUT2D eigenvalue weighted by Crippen LogP contribution is -2.46. The number of aryl methyl sites for hydroxylation is 6. The van der Waals surface area contributed by atoms with Gasteiger partial charge in [0.15, 0.2) is 46.4 Å². The van der Waals surface area contributed by atoms with Gasteiger partial charge in [0.1, 0.15) is 11.9 Å². The molecule has 714 valence electrons. The van der Waals surface area contributed by atoms with E-state index in [-0.39, 0.29) is 105 Å². The number of para-hydroxylation sites is 3. The molecule has 14 aromatic rings. The molecule has 0 saturated heterocycles. The molecular formula is C122H109FN16O5. The minimum atomic E-state index is -0.616. The molecule has 22 heteroatoms. The normalized spacial score (nSPS) is 23.9. The van der Waals surface area contributed by atoms with E-state index in [4.69, 9.17) is 85.8 Å². The molecule has 10 aliphatic carbocycles. The Morgan fingerprint density at radius 3 is 1.14 bits per heavy atom. The van der Waals surface area contributed by atoms with Crippen molar-refractivity contribution in [2.24, 2.45) is 47.3 Å². The van der Waals surface area contributed by atoms with Gasteiger partial charge >= 0.3 is 0 Å². The van der Waals surface area contributed by atoms with Crippen LogP contribution >= 0.6 is 0 Å². The van der Waals surface area contributed by atoms with Crippen LogP contribution in [0.3, 0.4) is 0 Å². The Kier molecular flexibility index (Phi) is 24.3. The number of fused-ring (bicyclic) bond motifs is 16. The third-order valence-corrected chi connectivity index (χ3v) is 32.8. The van der Waals surface area contributed by atoms with Crippen LogP contribution in [0.5, 0.6) is 5.88 Å². The second-order valence-electron chi connectivity index (χ2n) is 41.7. The molecule has 8 heterocycles. The predicted molar refractivity (Wildman–Crippen MR) is 556 cm³/mol. The second kappa shape index (κ2) is 37.0. The average Bonchev–Trinajstić information content (AvgIpc) is 0.767. The molecular weight excluding hydrogens is 1790 g/mol. The molecule has 1 saturated carbocycles. The highest BCUT2D eigenvalue weighted by Gasteiger charge is 2.55. The summed E-state index contributed by atoms with van der Waals surface area (Å²) in [5, 5.41) is 3.00. The molecule has 24 rings (SSSR count). The smallest absolute Gasteiger partial charge is 0.226 e. The molecule has 0 radical (unpaired) electrons. The van der Waals surface area contributed by atoms with Gasteiger partial charge in [0.05, 0.1) is 82.7 Å². The molecule has 12 atom stereocenters. The van der Waals surface area contributed by atoms with E-state index in [1.807, 2.05) is 146 Å². The summed E-state index contributed by atoms with van der Waals surface area (Å²) in [5.41, 5.74) is 25.2. The SMILES string of the molecule is [C-]#[N+]C1=C[C@@]2(C)c3nc(-c4cc(C)nc5ccccc45)nc(-c4ccc(C)cc4)c3CC[C@@H]2[C@@H](C)C1=O.[C-]#[N+]C1=C[C@@]2(C)c3nc(-c4cc(C)nc5ccccc45)nc(-c4cccc(C)c4)c3CC[C@@H]2[C@@H](C)C1=O.[C-]#[N+]C1=C[C@@]2(C)c3nc(-c4cc(C)nc5ccccc45)nc(OC4CCC4)c3CC[C@@H]2[C@@H](C)C1=O.[C-]#[N+]C1=C[C@@]2(C)c3nc(-c4ccnc5c4CCC5)nc(-c4ccccc4F)c3CC[C@@H]2[C@@H](C)C1=O. The zero-order valence-electron chi connectivity index (χ0n) is 83.2.